The molecule has 4 rings (SSSR count). The van der Waals surface area contributed by atoms with Crippen LogP contribution in [0, 0.1) is 13.8 Å². The number of ether oxygens (including phenoxy) is 1. The van der Waals surface area contributed by atoms with Gasteiger partial charge in [0.15, 0.2) is 5.82 Å². The zero-order valence-electron chi connectivity index (χ0n) is 18.3. The van der Waals surface area contributed by atoms with Gasteiger partial charge in [-0.3, -0.25) is 4.90 Å². The van der Waals surface area contributed by atoms with E-state index in [0.717, 1.165) is 68.5 Å². The highest BCUT2D eigenvalue weighted by Gasteiger charge is 2.11. The second-order valence-electron chi connectivity index (χ2n) is 7.84. The summed E-state index contributed by atoms with van der Waals surface area (Å²) in [6.45, 7) is 12.2. The third-order valence-electron chi connectivity index (χ3n) is 5.52. The van der Waals surface area contributed by atoms with Crippen molar-refractivity contribution in [1.82, 2.24) is 20.2 Å². The number of aromatic hydroxyl groups is 1. The maximum Gasteiger partial charge on any atom is 0.161 e. The first-order chi connectivity index (χ1) is 14.6. The number of phenolic OH excluding ortho intramolecular Hbond substituents is 1. The van der Waals surface area contributed by atoms with Gasteiger partial charge in [0.2, 0.25) is 0 Å². The molecule has 3 N–H and O–H groups in total. The quantitative estimate of drug-likeness (QED) is 0.628. The molecule has 3 heterocycles. The Kier molecular flexibility index (Phi) is 8.86. The monoisotopic (exact) mass is 413 g/mol. The Morgan fingerprint density at radius 2 is 1.77 bits per heavy atom. The van der Waals surface area contributed by atoms with Crippen LogP contribution in [0.3, 0.4) is 0 Å². The Morgan fingerprint density at radius 1 is 1.07 bits per heavy atom. The van der Waals surface area contributed by atoms with Crippen LogP contribution in [0.2, 0.25) is 0 Å². The number of anilines is 1. The summed E-state index contributed by atoms with van der Waals surface area (Å²) in [6, 6.07) is 6.98. The summed E-state index contributed by atoms with van der Waals surface area (Å²) in [4.78, 5) is 11.7. The number of aromatic nitrogens is 2. The Balaban J connectivity index is 0.000000448. The largest absolute Gasteiger partial charge is 0.508 e. The van der Waals surface area contributed by atoms with Gasteiger partial charge in [0.05, 0.1) is 13.2 Å². The average molecular weight is 414 g/mol. The first-order valence-corrected chi connectivity index (χ1v) is 11.0. The van der Waals surface area contributed by atoms with Crippen molar-refractivity contribution in [3.05, 3.63) is 35.5 Å². The molecular formula is C23H35N5O2. The summed E-state index contributed by atoms with van der Waals surface area (Å²) in [6.07, 6.45) is 3.84. The zero-order chi connectivity index (χ0) is 21.2. The molecule has 0 radical (unpaired) electrons. The van der Waals surface area contributed by atoms with Gasteiger partial charge in [0, 0.05) is 36.5 Å². The van der Waals surface area contributed by atoms with Gasteiger partial charge in [-0.25, -0.2) is 9.97 Å². The number of rotatable bonds is 6. The first-order valence-electron chi connectivity index (χ1n) is 11.0. The highest BCUT2D eigenvalue weighted by molar-refractivity contribution is 5.60. The summed E-state index contributed by atoms with van der Waals surface area (Å²) >= 11 is 0. The summed E-state index contributed by atoms with van der Waals surface area (Å²) in [5.74, 6) is 1.81. The maximum absolute atomic E-state index is 9.44. The van der Waals surface area contributed by atoms with Gasteiger partial charge in [-0.05, 0) is 77.0 Å². The predicted octanol–water partition coefficient (Wildman–Crippen LogP) is 2.97. The molecule has 0 bridgehead atoms. The lowest BCUT2D eigenvalue weighted by Gasteiger charge is -2.26. The van der Waals surface area contributed by atoms with E-state index in [2.05, 4.69) is 25.5 Å². The van der Waals surface area contributed by atoms with Crippen LogP contribution in [0.1, 0.15) is 30.5 Å². The third-order valence-corrected chi connectivity index (χ3v) is 5.52. The fourth-order valence-electron chi connectivity index (χ4n) is 3.50. The van der Waals surface area contributed by atoms with Gasteiger partial charge in [-0.15, -0.1) is 0 Å². The maximum atomic E-state index is 9.44. The molecule has 2 aliphatic heterocycles. The number of phenols is 1. The van der Waals surface area contributed by atoms with E-state index in [1.807, 2.05) is 26.0 Å². The van der Waals surface area contributed by atoms with E-state index >= 15 is 0 Å². The van der Waals surface area contributed by atoms with Crippen molar-refractivity contribution < 1.29 is 9.84 Å². The minimum Gasteiger partial charge on any atom is -0.508 e. The van der Waals surface area contributed by atoms with Crippen LogP contribution in [-0.2, 0) is 4.74 Å². The SMILES string of the molecule is C1CCNC1.Cc1nc(-c2ccc(O)cc2)nc(NCCCN2CCOCC2)c1C. The molecular weight excluding hydrogens is 378 g/mol. The van der Waals surface area contributed by atoms with Gasteiger partial charge >= 0.3 is 0 Å². The molecule has 7 heteroatoms. The van der Waals surface area contributed by atoms with E-state index in [-0.39, 0.29) is 5.75 Å². The Labute approximate surface area is 179 Å². The lowest BCUT2D eigenvalue weighted by Crippen LogP contribution is -2.37. The Hall–Kier alpha value is -2.22. The molecule has 1 aromatic carbocycles. The minimum absolute atomic E-state index is 0.244. The highest BCUT2D eigenvalue weighted by atomic mass is 16.5. The molecule has 2 saturated heterocycles. The van der Waals surface area contributed by atoms with Crippen LogP contribution in [0.25, 0.3) is 11.4 Å². The Morgan fingerprint density at radius 3 is 2.40 bits per heavy atom. The van der Waals surface area contributed by atoms with E-state index in [1.165, 1.54) is 25.9 Å². The number of aryl methyl sites for hydroxylation is 1. The molecule has 0 atom stereocenters. The molecule has 0 unspecified atom stereocenters. The summed E-state index contributed by atoms with van der Waals surface area (Å²) < 4.78 is 5.38. The number of hydrogen-bond donors (Lipinski definition) is 3. The number of benzene rings is 1. The molecule has 0 saturated carbocycles. The molecule has 0 amide bonds. The third kappa shape index (κ3) is 6.93. The van der Waals surface area contributed by atoms with Crippen molar-refractivity contribution in [2.24, 2.45) is 0 Å². The molecule has 2 aliphatic rings. The fourth-order valence-corrected chi connectivity index (χ4v) is 3.50. The number of nitrogens with zero attached hydrogens (tertiary/aromatic N) is 3. The second kappa shape index (κ2) is 11.8. The summed E-state index contributed by atoms with van der Waals surface area (Å²) in [7, 11) is 0. The van der Waals surface area contributed by atoms with Crippen LogP contribution in [-0.4, -0.2) is 72.5 Å². The Bertz CT molecular complexity index is 764. The van der Waals surface area contributed by atoms with E-state index < -0.39 is 0 Å². The summed E-state index contributed by atoms with van der Waals surface area (Å²) in [5, 5.41) is 16.1. The molecule has 2 aromatic rings. The molecule has 30 heavy (non-hydrogen) atoms. The number of hydrogen-bond acceptors (Lipinski definition) is 7. The number of nitrogens with one attached hydrogen (secondary N) is 2. The van der Waals surface area contributed by atoms with Gasteiger partial charge in [0.25, 0.3) is 0 Å². The van der Waals surface area contributed by atoms with E-state index in [4.69, 9.17) is 4.74 Å². The molecule has 1 aromatic heterocycles. The van der Waals surface area contributed by atoms with E-state index in [1.54, 1.807) is 12.1 Å². The molecule has 7 nitrogen and oxygen atoms in total. The predicted molar refractivity (Wildman–Crippen MR) is 121 cm³/mol. The van der Waals surface area contributed by atoms with E-state index in [0.29, 0.717) is 5.82 Å². The number of morpholine rings is 1. The standard InChI is InChI=1S/C19H26N4O2.C4H9N/c1-14-15(2)21-19(16-4-6-17(24)7-5-16)22-18(14)20-8-3-9-23-10-12-25-13-11-23;1-2-4-5-3-1/h4-7,24H,3,8-13H2,1-2H3,(H,20,21,22);5H,1-4H2. The normalized spacial score (nSPS) is 16.7. The molecule has 0 spiro atoms. The van der Waals surface area contributed by atoms with Gasteiger partial charge in [-0.2, -0.15) is 0 Å². The second-order valence-corrected chi connectivity index (χ2v) is 7.84. The first kappa shape index (κ1) is 22.5. The molecule has 164 valence electrons. The van der Waals surface area contributed by atoms with Crippen molar-refractivity contribution >= 4 is 5.82 Å². The van der Waals surface area contributed by atoms with E-state index in [9.17, 15) is 5.11 Å². The van der Waals surface area contributed by atoms with Crippen LogP contribution in [0.4, 0.5) is 5.82 Å². The zero-order valence-corrected chi connectivity index (χ0v) is 18.3. The van der Waals surface area contributed by atoms with Crippen molar-refractivity contribution in [2.75, 3.05) is 57.8 Å². The van der Waals surface area contributed by atoms with Crippen LogP contribution in [0.5, 0.6) is 5.75 Å². The fraction of sp³-hybridized carbons (Fsp3) is 0.565. The van der Waals surface area contributed by atoms with Crippen LogP contribution >= 0.6 is 0 Å². The smallest absolute Gasteiger partial charge is 0.161 e. The van der Waals surface area contributed by atoms with Crippen LogP contribution < -0.4 is 10.6 Å². The summed E-state index contributed by atoms with van der Waals surface area (Å²) in [5.41, 5.74) is 2.94. The molecule has 2 fully saturated rings. The van der Waals surface area contributed by atoms with Gasteiger partial charge in [0.1, 0.15) is 11.6 Å². The lowest BCUT2D eigenvalue weighted by atomic mass is 10.1. The van der Waals surface area contributed by atoms with Crippen LogP contribution in [0.15, 0.2) is 24.3 Å². The van der Waals surface area contributed by atoms with Gasteiger partial charge in [-0.1, -0.05) is 0 Å². The van der Waals surface area contributed by atoms with Crippen molar-refractivity contribution in [1.29, 1.82) is 0 Å². The van der Waals surface area contributed by atoms with Crippen molar-refractivity contribution in [3.8, 4) is 17.1 Å². The highest BCUT2D eigenvalue weighted by Crippen LogP contribution is 2.23. The minimum atomic E-state index is 0.244. The topological polar surface area (TPSA) is 82.5 Å². The molecule has 0 aliphatic carbocycles. The average Bonchev–Trinajstić information content (AvgIpc) is 3.35. The lowest BCUT2D eigenvalue weighted by molar-refractivity contribution is 0.0378. The van der Waals surface area contributed by atoms with Crippen molar-refractivity contribution in [3.63, 3.8) is 0 Å². The van der Waals surface area contributed by atoms with Crippen molar-refractivity contribution in [2.45, 2.75) is 33.1 Å². The van der Waals surface area contributed by atoms with Gasteiger partial charge < -0.3 is 20.5 Å².